The van der Waals surface area contributed by atoms with Gasteiger partial charge in [0.1, 0.15) is 0 Å². The van der Waals surface area contributed by atoms with E-state index in [0.717, 1.165) is 37.8 Å². The fourth-order valence-electron chi connectivity index (χ4n) is 4.11. The Morgan fingerprint density at radius 2 is 1.97 bits per heavy atom. The zero-order valence-corrected chi connectivity index (χ0v) is 19.8. The SMILES string of the molecule is COCCNC(=S)N1CCC[C@H](c2nc(-c3ccc(S(=O)(=O)N4CCCC4)cc3)no2)C1. The number of benzene rings is 1. The van der Waals surface area contributed by atoms with Gasteiger partial charge in [0.15, 0.2) is 5.11 Å². The summed E-state index contributed by atoms with van der Waals surface area (Å²) in [6, 6.07) is 6.70. The zero-order valence-electron chi connectivity index (χ0n) is 18.2. The first kappa shape index (κ1) is 23.1. The van der Waals surface area contributed by atoms with E-state index in [2.05, 4.69) is 20.4 Å². The standard InChI is InChI=1S/C21H29N5O4S2/c1-29-14-10-22-21(31)25-11-4-5-17(15-25)20-23-19(24-30-20)16-6-8-18(9-7-16)32(27,28)26-12-2-3-13-26/h6-9,17H,2-5,10-15H2,1H3,(H,22,31)/t17-/m0/s1. The number of rotatable bonds is 7. The van der Waals surface area contributed by atoms with Gasteiger partial charge in [-0.05, 0) is 62.2 Å². The van der Waals surface area contributed by atoms with Gasteiger partial charge in [-0.3, -0.25) is 0 Å². The average Bonchev–Trinajstić information content (AvgIpc) is 3.52. The number of ether oxygens (including phenoxy) is 1. The second kappa shape index (κ2) is 10.2. The minimum absolute atomic E-state index is 0.0991. The van der Waals surface area contributed by atoms with Gasteiger partial charge in [0.05, 0.1) is 17.4 Å². The van der Waals surface area contributed by atoms with Gasteiger partial charge in [-0.15, -0.1) is 0 Å². The molecule has 2 aliphatic heterocycles. The second-order valence-corrected chi connectivity index (χ2v) is 10.4. The molecule has 0 bridgehead atoms. The topological polar surface area (TPSA) is 101 Å². The summed E-state index contributed by atoms with van der Waals surface area (Å²) in [6.07, 6.45) is 3.76. The molecule has 2 saturated heterocycles. The summed E-state index contributed by atoms with van der Waals surface area (Å²) in [7, 11) is -1.77. The number of hydrogen-bond donors (Lipinski definition) is 1. The number of methoxy groups -OCH3 is 1. The normalized spacial score (nSPS) is 19.9. The molecule has 3 heterocycles. The molecular weight excluding hydrogens is 450 g/mol. The Morgan fingerprint density at radius 3 is 2.69 bits per heavy atom. The van der Waals surface area contributed by atoms with E-state index in [0.29, 0.717) is 54.5 Å². The number of aromatic nitrogens is 2. The van der Waals surface area contributed by atoms with Crippen LogP contribution in [0, 0.1) is 0 Å². The minimum atomic E-state index is -3.43. The summed E-state index contributed by atoms with van der Waals surface area (Å²) in [5, 5.41) is 8.05. The fraction of sp³-hybridized carbons (Fsp3) is 0.571. The Morgan fingerprint density at radius 1 is 1.22 bits per heavy atom. The van der Waals surface area contributed by atoms with Gasteiger partial charge >= 0.3 is 0 Å². The number of likely N-dealkylation sites (tertiary alicyclic amines) is 1. The molecule has 1 aromatic carbocycles. The van der Waals surface area contributed by atoms with Crippen LogP contribution in [0.1, 0.15) is 37.5 Å². The van der Waals surface area contributed by atoms with Crippen molar-refractivity contribution in [1.82, 2.24) is 24.7 Å². The second-order valence-electron chi connectivity index (χ2n) is 8.10. The highest BCUT2D eigenvalue weighted by Gasteiger charge is 2.29. The lowest BCUT2D eigenvalue weighted by atomic mass is 9.98. The van der Waals surface area contributed by atoms with Crippen LogP contribution in [-0.2, 0) is 14.8 Å². The Balaban J connectivity index is 1.41. The molecule has 2 aromatic rings. The van der Waals surface area contributed by atoms with Gasteiger partial charge in [0, 0.05) is 45.4 Å². The van der Waals surface area contributed by atoms with E-state index in [-0.39, 0.29) is 5.92 Å². The van der Waals surface area contributed by atoms with Gasteiger partial charge in [-0.25, -0.2) is 8.42 Å². The molecule has 0 unspecified atom stereocenters. The minimum Gasteiger partial charge on any atom is -0.383 e. The molecule has 0 radical (unpaired) electrons. The average molecular weight is 480 g/mol. The first-order valence-electron chi connectivity index (χ1n) is 10.9. The van der Waals surface area contributed by atoms with Gasteiger partial charge in [-0.2, -0.15) is 9.29 Å². The van der Waals surface area contributed by atoms with E-state index in [9.17, 15) is 8.42 Å². The first-order valence-corrected chi connectivity index (χ1v) is 12.8. The summed E-state index contributed by atoms with van der Waals surface area (Å²) in [5.74, 6) is 1.14. The smallest absolute Gasteiger partial charge is 0.243 e. The van der Waals surface area contributed by atoms with Crippen molar-refractivity contribution in [2.24, 2.45) is 0 Å². The third kappa shape index (κ3) is 5.11. The van der Waals surface area contributed by atoms with Crippen LogP contribution in [0.25, 0.3) is 11.4 Å². The van der Waals surface area contributed by atoms with Crippen molar-refractivity contribution in [3.63, 3.8) is 0 Å². The highest BCUT2D eigenvalue weighted by Crippen LogP contribution is 2.28. The van der Waals surface area contributed by atoms with E-state index in [1.807, 2.05) is 0 Å². The maximum Gasteiger partial charge on any atom is 0.243 e. The molecule has 11 heteroatoms. The Hall–Kier alpha value is -2.08. The number of piperidine rings is 1. The quantitative estimate of drug-likeness (QED) is 0.473. The summed E-state index contributed by atoms with van der Waals surface area (Å²) in [4.78, 5) is 7.02. The Kier molecular flexibility index (Phi) is 7.39. The number of thiocarbonyl (C=S) groups is 1. The van der Waals surface area contributed by atoms with Crippen molar-refractivity contribution in [2.75, 3.05) is 46.4 Å². The monoisotopic (exact) mass is 479 g/mol. The van der Waals surface area contributed by atoms with E-state index in [4.69, 9.17) is 21.5 Å². The number of sulfonamides is 1. The summed E-state index contributed by atoms with van der Waals surface area (Å²) >= 11 is 5.49. The van der Waals surface area contributed by atoms with Crippen LogP contribution in [0.5, 0.6) is 0 Å². The highest BCUT2D eigenvalue weighted by molar-refractivity contribution is 7.89. The molecule has 1 N–H and O–H groups in total. The predicted octanol–water partition coefficient (Wildman–Crippen LogP) is 2.22. The molecule has 0 amide bonds. The van der Waals surface area contributed by atoms with Crippen molar-refractivity contribution >= 4 is 27.4 Å². The van der Waals surface area contributed by atoms with Crippen molar-refractivity contribution < 1.29 is 17.7 Å². The Bertz CT molecular complexity index is 1020. The van der Waals surface area contributed by atoms with Crippen molar-refractivity contribution in [2.45, 2.75) is 36.5 Å². The molecule has 32 heavy (non-hydrogen) atoms. The van der Waals surface area contributed by atoms with E-state index >= 15 is 0 Å². The molecule has 1 atom stereocenters. The summed E-state index contributed by atoms with van der Waals surface area (Å²) in [6.45, 7) is 4.05. The highest BCUT2D eigenvalue weighted by atomic mass is 32.2. The molecular formula is C21H29N5O4S2. The third-order valence-corrected chi connectivity index (χ3v) is 8.21. The maximum atomic E-state index is 12.7. The van der Waals surface area contributed by atoms with Crippen LogP contribution in [0.15, 0.2) is 33.7 Å². The number of nitrogens with zero attached hydrogens (tertiary/aromatic N) is 4. The van der Waals surface area contributed by atoms with Crippen LogP contribution in [-0.4, -0.2) is 79.3 Å². The van der Waals surface area contributed by atoms with E-state index in [1.165, 1.54) is 4.31 Å². The van der Waals surface area contributed by atoms with Crippen LogP contribution in [0.2, 0.25) is 0 Å². The maximum absolute atomic E-state index is 12.7. The lowest BCUT2D eigenvalue weighted by molar-refractivity contribution is 0.201. The van der Waals surface area contributed by atoms with Gasteiger partial charge in [-0.1, -0.05) is 5.16 Å². The van der Waals surface area contributed by atoms with E-state index < -0.39 is 10.0 Å². The van der Waals surface area contributed by atoms with Gasteiger partial charge < -0.3 is 19.5 Å². The summed E-state index contributed by atoms with van der Waals surface area (Å²) in [5.41, 5.74) is 0.727. The van der Waals surface area contributed by atoms with Gasteiger partial charge in [0.25, 0.3) is 0 Å². The molecule has 2 fully saturated rings. The molecule has 0 aliphatic carbocycles. The third-order valence-electron chi connectivity index (χ3n) is 5.90. The lowest BCUT2D eigenvalue weighted by Crippen LogP contribution is -2.45. The van der Waals surface area contributed by atoms with Crippen molar-refractivity contribution in [1.29, 1.82) is 0 Å². The van der Waals surface area contributed by atoms with Gasteiger partial charge in [0.2, 0.25) is 21.7 Å². The van der Waals surface area contributed by atoms with E-state index in [1.54, 1.807) is 31.4 Å². The molecule has 0 spiro atoms. The number of hydrogen-bond acceptors (Lipinski definition) is 7. The largest absolute Gasteiger partial charge is 0.383 e. The van der Waals surface area contributed by atoms with Crippen LogP contribution in [0.4, 0.5) is 0 Å². The lowest BCUT2D eigenvalue weighted by Gasteiger charge is -2.33. The zero-order chi connectivity index (χ0) is 22.6. The molecule has 2 aliphatic rings. The molecule has 174 valence electrons. The molecule has 4 rings (SSSR count). The van der Waals surface area contributed by atoms with Crippen molar-refractivity contribution in [3.05, 3.63) is 30.2 Å². The first-order chi connectivity index (χ1) is 15.5. The van der Waals surface area contributed by atoms with Crippen LogP contribution in [0.3, 0.4) is 0 Å². The van der Waals surface area contributed by atoms with Crippen LogP contribution >= 0.6 is 12.2 Å². The summed E-state index contributed by atoms with van der Waals surface area (Å²) < 4.78 is 37.6. The van der Waals surface area contributed by atoms with Crippen molar-refractivity contribution in [3.8, 4) is 11.4 Å². The molecule has 0 saturated carbocycles. The molecule has 1 aromatic heterocycles. The molecule has 9 nitrogen and oxygen atoms in total. The Labute approximate surface area is 194 Å². The van der Waals surface area contributed by atoms with Crippen LogP contribution < -0.4 is 5.32 Å². The number of nitrogens with one attached hydrogen (secondary N) is 1. The predicted molar refractivity (Wildman–Crippen MR) is 124 cm³/mol. The fourth-order valence-corrected chi connectivity index (χ4v) is 5.89.